The van der Waals surface area contributed by atoms with Gasteiger partial charge in [-0.25, -0.2) is 4.98 Å². The predicted octanol–water partition coefficient (Wildman–Crippen LogP) is 4.88. The molecule has 4 aromatic rings. The summed E-state index contributed by atoms with van der Waals surface area (Å²) in [6.07, 6.45) is 1.55. The van der Waals surface area contributed by atoms with Crippen LogP contribution in [0.5, 0.6) is 0 Å². The van der Waals surface area contributed by atoms with Gasteiger partial charge in [0.2, 0.25) is 5.91 Å². The van der Waals surface area contributed by atoms with E-state index in [2.05, 4.69) is 10.3 Å². The molecular formula is C24H23ClN4O3S. The number of halogens is 1. The predicted molar refractivity (Wildman–Crippen MR) is 134 cm³/mol. The second-order valence-electron chi connectivity index (χ2n) is 7.72. The van der Waals surface area contributed by atoms with Crippen LogP contribution in [-0.4, -0.2) is 34.8 Å². The molecule has 0 bridgehead atoms. The molecule has 0 fully saturated rings. The Morgan fingerprint density at radius 1 is 1.21 bits per heavy atom. The zero-order chi connectivity index (χ0) is 23.5. The van der Waals surface area contributed by atoms with E-state index >= 15 is 0 Å². The summed E-state index contributed by atoms with van der Waals surface area (Å²) in [5.74, 6) is 0.426. The van der Waals surface area contributed by atoms with E-state index in [0.717, 1.165) is 5.69 Å². The third-order valence-corrected chi connectivity index (χ3v) is 6.40. The lowest BCUT2D eigenvalue weighted by Gasteiger charge is -2.17. The molecule has 4 rings (SSSR count). The van der Waals surface area contributed by atoms with Crippen LogP contribution in [0.25, 0.3) is 10.9 Å². The highest BCUT2D eigenvalue weighted by Crippen LogP contribution is 2.26. The smallest absolute Gasteiger partial charge is 0.262 e. The van der Waals surface area contributed by atoms with Gasteiger partial charge >= 0.3 is 0 Å². The molecule has 9 heteroatoms. The van der Waals surface area contributed by atoms with Crippen molar-refractivity contribution in [2.45, 2.75) is 23.9 Å². The maximum absolute atomic E-state index is 13.2. The number of amides is 1. The summed E-state index contributed by atoms with van der Waals surface area (Å²) in [6.45, 7) is 1.99. The van der Waals surface area contributed by atoms with Gasteiger partial charge in [-0.1, -0.05) is 23.4 Å². The van der Waals surface area contributed by atoms with Crippen molar-refractivity contribution in [3.63, 3.8) is 0 Å². The molecule has 170 valence electrons. The van der Waals surface area contributed by atoms with E-state index in [1.54, 1.807) is 43.5 Å². The topological polar surface area (TPSA) is 80.4 Å². The summed E-state index contributed by atoms with van der Waals surface area (Å²) < 4.78 is 6.96. The number of aromatic nitrogens is 2. The minimum absolute atomic E-state index is 0.192. The lowest BCUT2D eigenvalue weighted by Crippen LogP contribution is -2.27. The first kappa shape index (κ1) is 22.9. The molecule has 2 aromatic heterocycles. The van der Waals surface area contributed by atoms with Crippen molar-refractivity contribution in [3.8, 4) is 0 Å². The standard InChI is InChI=1S/C24H23ClN4O3S/c1-15(22(30)26-17-7-9-18(10-8-17)28(2)3)33-24-27-21-13-16(25)6-11-20(21)23(31)29(24)14-19-5-4-12-32-19/h4-13,15H,14H2,1-3H3,(H,26,30). The van der Waals surface area contributed by atoms with Gasteiger partial charge in [0.15, 0.2) is 5.16 Å². The van der Waals surface area contributed by atoms with E-state index in [1.165, 1.54) is 16.3 Å². The second-order valence-corrected chi connectivity index (χ2v) is 9.46. The Hall–Kier alpha value is -3.23. The van der Waals surface area contributed by atoms with Gasteiger partial charge in [-0.05, 0) is 61.5 Å². The molecule has 0 aliphatic heterocycles. The molecule has 0 saturated heterocycles. The molecule has 0 aliphatic rings. The Kier molecular flexibility index (Phi) is 6.76. The van der Waals surface area contributed by atoms with E-state index < -0.39 is 5.25 Å². The van der Waals surface area contributed by atoms with Crippen molar-refractivity contribution in [1.29, 1.82) is 0 Å². The summed E-state index contributed by atoms with van der Waals surface area (Å²) in [6, 6.07) is 16.1. The molecule has 0 aliphatic carbocycles. The normalized spacial score (nSPS) is 12.0. The van der Waals surface area contributed by atoms with Crippen molar-refractivity contribution in [2.24, 2.45) is 0 Å². The van der Waals surface area contributed by atoms with Crippen LogP contribution in [0.15, 0.2) is 75.2 Å². The molecule has 0 radical (unpaired) electrons. The molecule has 7 nitrogen and oxygen atoms in total. The average molecular weight is 483 g/mol. The third kappa shape index (κ3) is 5.23. The third-order valence-electron chi connectivity index (χ3n) is 5.08. The molecule has 1 N–H and O–H groups in total. The monoisotopic (exact) mass is 482 g/mol. The molecule has 0 spiro atoms. The average Bonchev–Trinajstić information content (AvgIpc) is 3.30. The van der Waals surface area contributed by atoms with Crippen molar-refractivity contribution in [3.05, 3.63) is 82.0 Å². The number of nitrogens with one attached hydrogen (secondary N) is 1. The van der Waals surface area contributed by atoms with Crippen molar-refractivity contribution < 1.29 is 9.21 Å². The number of fused-ring (bicyclic) bond motifs is 1. The highest BCUT2D eigenvalue weighted by molar-refractivity contribution is 8.00. The van der Waals surface area contributed by atoms with Crippen LogP contribution >= 0.6 is 23.4 Å². The molecule has 1 amide bonds. The number of hydrogen-bond acceptors (Lipinski definition) is 6. The number of thioether (sulfide) groups is 1. The Morgan fingerprint density at radius 3 is 2.64 bits per heavy atom. The quantitative estimate of drug-likeness (QED) is 0.299. The Balaban J connectivity index is 1.61. The van der Waals surface area contributed by atoms with Gasteiger partial charge in [0.1, 0.15) is 5.76 Å². The number of rotatable bonds is 7. The first-order valence-electron chi connectivity index (χ1n) is 10.3. The number of furan rings is 1. The van der Waals surface area contributed by atoms with E-state index in [9.17, 15) is 9.59 Å². The van der Waals surface area contributed by atoms with E-state index in [4.69, 9.17) is 16.0 Å². The van der Waals surface area contributed by atoms with Gasteiger partial charge in [0.05, 0.1) is 29.0 Å². The molecule has 33 heavy (non-hydrogen) atoms. The second kappa shape index (κ2) is 9.72. The molecule has 1 unspecified atom stereocenters. The highest BCUT2D eigenvalue weighted by Gasteiger charge is 2.20. The number of hydrogen-bond donors (Lipinski definition) is 1. The first-order chi connectivity index (χ1) is 15.8. The molecule has 0 saturated carbocycles. The van der Waals surface area contributed by atoms with Gasteiger partial charge in [-0.2, -0.15) is 0 Å². The van der Waals surface area contributed by atoms with Crippen LogP contribution in [0.3, 0.4) is 0 Å². The van der Waals surface area contributed by atoms with Crippen LogP contribution < -0.4 is 15.8 Å². The first-order valence-corrected chi connectivity index (χ1v) is 11.5. The molecular weight excluding hydrogens is 460 g/mol. The van der Waals surface area contributed by atoms with Crippen molar-refractivity contribution >= 4 is 51.5 Å². The number of benzene rings is 2. The van der Waals surface area contributed by atoms with Gasteiger partial charge in [-0.3, -0.25) is 14.2 Å². The molecule has 2 heterocycles. The van der Waals surface area contributed by atoms with Gasteiger partial charge in [0, 0.05) is 30.5 Å². The largest absolute Gasteiger partial charge is 0.467 e. The fourth-order valence-electron chi connectivity index (χ4n) is 3.26. The summed E-state index contributed by atoms with van der Waals surface area (Å²) >= 11 is 7.33. The fourth-order valence-corrected chi connectivity index (χ4v) is 4.33. The number of nitrogens with zero attached hydrogens (tertiary/aromatic N) is 3. The van der Waals surface area contributed by atoms with Crippen molar-refractivity contribution in [2.75, 3.05) is 24.3 Å². The molecule has 1 atom stereocenters. The fraction of sp³-hybridized carbons (Fsp3) is 0.208. The van der Waals surface area contributed by atoms with Gasteiger partial charge < -0.3 is 14.6 Å². The van der Waals surface area contributed by atoms with Gasteiger partial charge in [0.25, 0.3) is 5.56 Å². The zero-order valence-electron chi connectivity index (χ0n) is 18.4. The summed E-state index contributed by atoms with van der Waals surface area (Å²) in [7, 11) is 3.91. The van der Waals surface area contributed by atoms with Crippen LogP contribution in [-0.2, 0) is 11.3 Å². The maximum atomic E-state index is 13.2. The number of carbonyl (C=O) groups excluding carboxylic acids is 1. The van der Waals surface area contributed by atoms with Crippen LogP contribution in [0, 0.1) is 0 Å². The molecule has 2 aromatic carbocycles. The Bertz CT molecular complexity index is 1330. The van der Waals surface area contributed by atoms with Crippen LogP contribution in [0.4, 0.5) is 11.4 Å². The summed E-state index contributed by atoms with van der Waals surface area (Å²) in [5.41, 5.74) is 2.00. The minimum atomic E-state index is -0.509. The van der Waals surface area contributed by atoms with E-state index in [-0.39, 0.29) is 18.0 Å². The summed E-state index contributed by atoms with van der Waals surface area (Å²) in [4.78, 5) is 32.7. The van der Waals surface area contributed by atoms with E-state index in [1.807, 2.05) is 43.3 Å². The lowest BCUT2D eigenvalue weighted by molar-refractivity contribution is -0.115. The maximum Gasteiger partial charge on any atom is 0.262 e. The lowest BCUT2D eigenvalue weighted by atomic mass is 10.2. The SMILES string of the molecule is CC(Sc1nc2cc(Cl)ccc2c(=O)n1Cc1ccco1)C(=O)Nc1ccc(N(C)C)cc1. The van der Waals surface area contributed by atoms with Crippen LogP contribution in [0.1, 0.15) is 12.7 Å². The summed E-state index contributed by atoms with van der Waals surface area (Å²) in [5, 5.41) is 3.76. The zero-order valence-corrected chi connectivity index (χ0v) is 20.0. The number of carbonyl (C=O) groups is 1. The van der Waals surface area contributed by atoms with E-state index in [0.29, 0.717) is 32.5 Å². The van der Waals surface area contributed by atoms with Gasteiger partial charge in [-0.15, -0.1) is 0 Å². The Labute approximate surface area is 200 Å². The highest BCUT2D eigenvalue weighted by atomic mass is 35.5. The van der Waals surface area contributed by atoms with Crippen LogP contribution in [0.2, 0.25) is 5.02 Å². The van der Waals surface area contributed by atoms with Crippen molar-refractivity contribution in [1.82, 2.24) is 9.55 Å². The minimum Gasteiger partial charge on any atom is -0.467 e. The number of anilines is 2. The Morgan fingerprint density at radius 2 is 1.97 bits per heavy atom.